The molecule has 1 atom stereocenters. The van der Waals surface area contributed by atoms with Crippen LogP contribution in [-0.2, 0) is 0 Å². The summed E-state index contributed by atoms with van der Waals surface area (Å²) in [6.07, 6.45) is -1.21. The molecular formula is C20H24F3N3O3. The first kappa shape index (κ1) is 21.3. The summed E-state index contributed by atoms with van der Waals surface area (Å²) in [6, 6.07) is 1.32. The van der Waals surface area contributed by atoms with E-state index >= 15 is 0 Å². The number of aryl methyl sites for hydroxylation is 1. The highest BCUT2D eigenvalue weighted by atomic mass is 19.4. The van der Waals surface area contributed by atoms with Crippen LogP contribution in [0.5, 0.6) is 5.75 Å². The molecule has 0 aliphatic heterocycles. The summed E-state index contributed by atoms with van der Waals surface area (Å²) < 4.78 is 48.4. The van der Waals surface area contributed by atoms with Gasteiger partial charge in [0.05, 0.1) is 0 Å². The van der Waals surface area contributed by atoms with Gasteiger partial charge < -0.3 is 9.15 Å². The summed E-state index contributed by atoms with van der Waals surface area (Å²) >= 11 is 0. The maximum absolute atomic E-state index is 12.9. The van der Waals surface area contributed by atoms with Crippen LogP contribution in [0.4, 0.5) is 13.2 Å². The van der Waals surface area contributed by atoms with Gasteiger partial charge in [0, 0.05) is 37.1 Å². The highest BCUT2D eigenvalue weighted by Gasteiger charge is 2.35. The summed E-state index contributed by atoms with van der Waals surface area (Å²) in [4.78, 5) is 17.1. The molecular weight excluding hydrogens is 387 g/mol. The van der Waals surface area contributed by atoms with Gasteiger partial charge in [0.2, 0.25) is 11.8 Å². The highest BCUT2D eigenvalue weighted by molar-refractivity contribution is 5.95. The molecule has 2 aromatic heterocycles. The van der Waals surface area contributed by atoms with Gasteiger partial charge in [-0.25, -0.2) is 0 Å². The first-order valence-corrected chi connectivity index (χ1v) is 9.47. The topological polar surface area (TPSA) is 78.1 Å². The zero-order valence-electron chi connectivity index (χ0n) is 16.8. The Hall–Kier alpha value is -2.45. The predicted molar refractivity (Wildman–Crippen MR) is 97.9 cm³/mol. The Kier molecular flexibility index (Phi) is 5.69. The smallest absolute Gasteiger partial charge is 0.422 e. The van der Waals surface area contributed by atoms with E-state index in [2.05, 4.69) is 15.2 Å². The van der Waals surface area contributed by atoms with Crippen molar-refractivity contribution in [2.75, 3.05) is 6.61 Å². The summed E-state index contributed by atoms with van der Waals surface area (Å²) in [5.74, 6) is 0.284. The SMILES string of the molecule is Cc1nnc(C(CC(=O)c2cc(OCC(F)(F)F)c(C3CC3)cn2)C(C)(C)C)o1. The van der Waals surface area contributed by atoms with Crippen molar-refractivity contribution >= 4 is 5.78 Å². The van der Waals surface area contributed by atoms with Crippen molar-refractivity contribution in [3.63, 3.8) is 0 Å². The summed E-state index contributed by atoms with van der Waals surface area (Å²) in [6.45, 7) is 6.11. The minimum absolute atomic E-state index is 0.0413. The molecule has 0 spiro atoms. The fourth-order valence-electron chi connectivity index (χ4n) is 3.09. The molecule has 2 heterocycles. The number of ketones is 1. The zero-order chi connectivity index (χ0) is 21.4. The summed E-state index contributed by atoms with van der Waals surface area (Å²) in [5.41, 5.74) is 0.334. The number of alkyl halides is 3. The van der Waals surface area contributed by atoms with E-state index in [0.29, 0.717) is 17.3 Å². The van der Waals surface area contributed by atoms with Crippen molar-refractivity contribution < 1.29 is 27.1 Å². The fraction of sp³-hybridized carbons (Fsp3) is 0.600. The second-order valence-electron chi connectivity index (χ2n) is 8.49. The van der Waals surface area contributed by atoms with Crippen LogP contribution >= 0.6 is 0 Å². The molecule has 1 aliphatic carbocycles. The number of aromatic nitrogens is 3. The molecule has 1 fully saturated rings. The van der Waals surface area contributed by atoms with Crippen LogP contribution < -0.4 is 4.74 Å². The third-order valence-corrected chi connectivity index (χ3v) is 4.86. The number of halogens is 3. The second kappa shape index (κ2) is 7.76. The van der Waals surface area contributed by atoms with Crippen LogP contribution in [0.1, 0.15) is 79.7 Å². The third kappa shape index (κ3) is 5.55. The number of rotatable bonds is 7. The molecule has 3 rings (SSSR count). The fourth-order valence-corrected chi connectivity index (χ4v) is 3.09. The molecule has 0 radical (unpaired) electrons. The number of nitrogens with zero attached hydrogens (tertiary/aromatic N) is 3. The largest absolute Gasteiger partial charge is 0.484 e. The first-order chi connectivity index (χ1) is 13.4. The van der Waals surface area contributed by atoms with Gasteiger partial charge in [-0.1, -0.05) is 20.8 Å². The molecule has 9 heteroatoms. The minimum atomic E-state index is -4.46. The lowest BCUT2D eigenvalue weighted by molar-refractivity contribution is -0.153. The average molecular weight is 411 g/mol. The van der Waals surface area contributed by atoms with E-state index in [1.165, 1.54) is 12.3 Å². The highest BCUT2D eigenvalue weighted by Crippen LogP contribution is 2.44. The average Bonchev–Trinajstić information content (AvgIpc) is 3.37. The van der Waals surface area contributed by atoms with Crippen LogP contribution in [0.2, 0.25) is 0 Å². The van der Waals surface area contributed by atoms with Crippen molar-refractivity contribution in [3.8, 4) is 5.75 Å². The van der Waals surface area contributed by atoms with Gasteiger partial charge in [-0.05, 0) is 24.2 Å². The predicted octanol–water partition coefficient (Wildman–Crippen LogP) is 4.99. The van der Waals surface area contributed by atoms with Gasteiger partial charge in [-0.15, -0.1) is 10.2 Å². The van der Waals surface area contributed by atoms with Crippen LogP contribution in [0.25, 0.3) is 0 Å². The van der Waals surface area contributed by atoms with Gasteiger partial charge in [-0.2, -0.15) is 13.2 Å². The Morgan fingerprint density at radius 2 is 1.97 bits per heavy atom. The van der Waals surface area contributed by atoms with Crippen molar-refractivity contribution in [2.24, 2.45) is 5.41 Å². The standard InChI is InChI=1S/C20H24F3N3O3/c1-11-25-26-18(29-11)14(19(2,3)4)7-16(27)15-8-17(28-10-20(21,22)23)13(9-24-15)12-5-6-12/h8-9,12,14H,5-7,10H2,1-4H3. The van der Waals surface area contributed by atoms with Crippen molar-refractivity contribution in [1.29, 1.82) is 0 Å². The summed E-state index contributed by atoms with van der Waals surface area (Å²) in [5, 5.41) is 7.87. The summed E-state index contributed by atoms with van der Waals surface area (Å²) in [7, 11) is 0. The number of Topliss-reactive ketones (excluding diaryl/α,β-unsaturated/α-hetero) is 1. The van der Waals surface area contributed by atoms with Gasteiger partial charge in [0.25, 0.3) is 0 Å². The van der Waals surface area contributed by atoms with E-state index in [1.807, 2.05) is 20.8 Å². The number of hydrogen-bond acceptors (Lipinski definition) is 6. The molecule has 0 bridgehead atoms. The number of ether oxygens (including phenoxy) is 1. The van der Waals surface area contributed by atoms with E-state index in [4.69, 9.17) is 9.15 Å². The Morgan fingerprint density at radius 3 is 2.48 bits per heavy atom. The van der Waals surface area contributed by atoms with Gasteiger partial charge in [-0.3, -0.25) is 9.78 Å². The Labute approximate surface area is 166 Å². The maximum Gasteiger partial charge on any atom is 0.422 e. The number of carbonyl (C=O) groups excluding carboxylic acids is 1. The monoisotopic (exact) mass is 411 g/mol. The van der Waals surface area contributed by atoms with E-state index in [0.717, 1.165) is 12.8 Å². The Morgan fingerprint density at radius 1 is 1.28 bits per heavy atom. The van der Waals surface area contributed by atoms with Crippen LogP contribution in [0, 0.1) is 12.3 Å². The molecule has 0 amide bonds. The van der Waals surface area contributed by atoms with Gasteiger partial charge in [0.15, 0.2) is 12.4 Å². The molecule has 1 saturated carbocycles. The number of carbonyl (C=O) groups is 1. The quantitative estimate of drug-likeness (QED) is 0.597. The van der Waals surface area contributed by atoms with Crippen LogP contribution in [-0.4, -0.2) is 33.7 Å². The molecule has 6 nitrogen and oxygen atoms in total. The lowest BCUT2D eigenvalue weighted by atomic mass is 9.77. The molecule has 1 aliphatic rings. The molecule has 1 unspecified atom stereocenters. The second-order valence-corrected chi connectivity index (χ2v) is 8.49. The normalized spacial score (nSPS) is 16.0. The van der Waals surface area contributed by atoms with Crippen molar-refractivity contribution in [3.05, 3.63) is 35.3 Å². The molecule has 0 N–H and O–H groups in total. The number of hydrogen-bond donors (Lipinski definition) is 0. The molecule has 0 saturated heterocycles. The van der Waals surface area contributed by atoms with E-state index < -0.39 is 12.8 Å². The Bertz CT molecular complexity index is 883. The zero-order valence-corrected chi connectivity index (χ0v) is 16.8. The van der Waals surface area contributed by atoms with Crippen molar-refractivity contribution in [1.82, 2.24) is 15.2 Å². The minimum Gasteiger partial charge on any atom is -0.484 e. The molecule has 29 heavy (non-hydrogen) atoms. The number of pyridine rings is 1. The van der Waals surface area contributed by atoms with E-state index in [1.54, 1.807) is 6.92 Å². The molecule has 0 aromatic carbocycles. The van der Waals surface area contributed by atoms with Crippen LogP contribution in [0.15, 0.2) is 16.7 Å². The van der Waals surface area contributed by atoms with E-state index in [-0.39, 0.29) is 40.9 Å². The van der Waals surface area contributed by atoms with E-state index in [9.17, 15) is 18.0 Å². The third-order valence-electron chi connectivity index (χ3n) is 4.86. The van der Waals surface area contributed by atoms with Gasteiger partial charge in [0.1, 0.15) is 11.4 Å². The molecule has 2 aromatic rings. The van der Waals surface area contributed by atoms with Crippen LogP contribution in [0.3, 0.4) is 0 Å². The molecule has 158 valence electrons. The van der Waals surface area contributed by atoms with Gasteiger partial charge >= 0.3 is 6.18 Å². The lowest BCUT2D eigenvalue weighted by Gasteiger charge is -2.27. The Balaban J connectivity index is 1.83. The van der Waals surface area contributed by atoms with Crippen molar-refractivity contribution in [2.45, 2.75) is 65.0 Å². The first-order valence-electron chi connectivity index (χ1n) is 9.47. The lowest BCUT2D eigenvalue weighted by Crippen LogP contribution is -2.23. The maximum atomic E-state index is 12.9.